The van der Waals surface area contributed by atoms with Crippen LogP contribution in [0.5, 0.6) is 0 Å². The van der Waals surface area contributed by atoms with Crippen LogP contribution in [-0.4, -0.2) is 11.1 Å². The summed E-state index contributed by atoms with van der Waals surface area (Å²) >= 11 is 0. The van der Waals surface area contributed by atoms with Gasteiger partial charge in [-0.3, -0.25) is 4.79 Å². The number of aromatic nitrogens is 1. The van der Waals surface area contributed by atoms with E-state index in [1.807, 2.05) is 32.9 Å². The van der Waals surface area contributed by atoms with E-state index in [9.17, 15) is 4.79 Å². The summed E-state index contributed by atoms with van der Waals surface area (Å²) < 4.78 is 4.94. The van der Waals surface area contributed by atoms with Crippen LogP contribution in [0.25, 0.3) is 0 Å². The van der Waals surface area contributed by atoms with Crippen molar-refractivity contribution in [3.63, 3.8) is 0 Å². The molecule has 0 saturated carbocycles. The first-order valence-electron chi connectivity index (χ1n) is 5.80. The van der Waals surface area contributed by atoms with Gasteiger partial charge in [0.2, 0.25) is 5.76 Å². The average Bonchev–Trinajstić information content (AvgIpc) is 2.70. The maximum atomic E-state index is 12.0. The van der Waals surface area contributed by atoms with Gasteiger partial charge in [-0.2, -0.15) is 0 Å². The normalized spacial score (nSPS) is 10.4. The van der Waals surface area contributed by atoms with Crippen LogP contribution in [0.4, 0.5) is 5.69 Å². The molecule has 0 aliphatic carbocycles. The van der Waals surface area contributed by atoms with Crippen molar-refractivity contribution >= 4 is 11.6 Å². The van der Waals surface area contributed by atoms with Crippen molar-refractivity contribution in [1.82, 2.24) is 5.16 Å². The van der Waals surface area contributed by atoms with Crippen LogP contribution in [0.3, 0.4) is 0 Å². The molecule has 0 atom stereocenters. The van der Waals surface area contributed by atoms with Gasteiger partial charge in [0.15, 0.2) is 0 Å². The van der Waals surface area contributed by atoms with E-state index in [0.29, 0.717) is 5.69 Å². The number of nitrogens with one attached hydrogen (secondary N) is 1. The molecular weight excluding hydrogens is 228 g/mol. The molecule has 94 valence electrons. The number of aryl methyl sites for hydroxylation is 4. The van der Waals surface area contributed by atoms with E-state index >= 15 is 0 Å². The van der Waals surface area contributed by atoms with Gasteiger partial charge < -0.3 is 9.84 Å². The molecule has 0 aliphatic heterocycles. The molecule has 4 nitrogen and oxygen atoms in total. The maximum Gasteiger partial charge on any atom is 0.294 e. The first kappa shape index (κ1) is 12.4. The molecule has 0 aliphatic rings. The van der Waals surface area contributed by atoms with E-state index in [-0.39, 0.29) is 11.7 Å². The minimum absolute atomic E-state index is 0.229. The third-order valence-electron chi connectivity index (χ3n) is 2.77. The largest absolute Gasteiger partial charge is 0.351 e. The van der Waals surface area contributed by atoms with Crippen molar-refractivity contribution < 1.29 is 9.32 Å². The van der Waals surface area contributed by atoms with Gasteiger partial charge in [0.1, 0.15) is 0 Å². The Bertz CT molecular complexity index is 577. The molecule has 2 rings (SSSR count). The molecule has 2 aromatic rings. The lowest BCUT2D eigenvalue weighted by atomic mass is 10.1. The molecule has 1 N–H and O–H groups in total. The Kier molecular flexibility index (Phi) is 3.19. The van der Waals surface area contributed by atoms with Crippen LogP contribution in [0.2, 0.25) is 0 Å². The fourth-order valence-corrected chi connectivity index (χ4v) is 2.02. The zero-order chi connectivity index (χ0) is 13.3. The van der Waals surface area contributed by atoms with Gasteiger partial charge in [-0.1, -0.05) is 22.9 Å². The molecule has 0 spiro atoms. The monoisotopic (exact) mass is 244 g/mol. The Morgan fingerprint density at radius 2 is 1.72 bits per heavy atom. The maximum absolute atomic E-state index is 12.0. The summed E-state index contributed by atoms with van der Waals surface area (Å²) in [6, 6.07) is 5.69. The second kappa shape index (κ2) is 4.64. The van der Waals surface area contributed by atoms with Gasteiger partial charge in [-0.15, -0.1) is 0 Å². The third kappa shape index (κ3) is 2.42. The van der Waals surface area contributed by atoms with E-state index in [0.717, 1.165) is 16.8 Å². The minimum Gasteiger partial charge on any atom is -0.351 e. The summed E-state index contributed by atoms with van der Waals surface area (Å²) in [6.07, 6.45) is 0. The van der Waals surface area contributed by atoms with Crippen LogP contribution in [0.15, 0.2) is 22.7 Å². The van der Waals surface area contributed by atoms with Gasteiger partial charge in [0.05, 0.1) is 5.69 Å². The predicted molar refractivity (Wildman–Crippen MR) is 69.8 cm³/mol. The van der Waals surface area contributed by atoms with Gasteiger partial charge in [-0.25, -0.2) is 0 Å². The Morgan fingerprint density at radius 1 is 1.11 bits per heavy atom. The molecule has 1 aromatic carbocycles. The predicted octanol–water partition coefficient (Wildman–Crippen LogP) is 3.16. The average molecular weight is 244 g/mol. The molecule has 0 bridgehead atoms. The lowest BCUT2D eigenvalue weighted by molar-refractivity contribution is 0.0987. The molecule has 0 unspecified atom stereocenters. The number of benzene rings is 1. The zero-order valence-electron chi connectivity index (χ0n) is 11.0. The molecule has 0 saturated heterocycles. The van der Waals surface area contributed by atoms with Crippen LogP contribution in [0.1, 0.15) is 32.9 Å². The van der Waals surface area contributed by atoms with Crippen LogP contribution in [0, 0.1) is 27.7 Å². The van der Waals surface area contributed by atoms with Gasteiger partial charge in [0, 0.05) is 11.8 Å². The Hall–Kier alpha value is -2.10. The fourth-order valence-electron chi connectivity index (χ4n) is 2.02. The number of nitrogens with zero attached hydrogens (tertiary/aromatic N) is 1. The van der Waals surface area contributed by atoms with Crippen molar-refractivity contribution in [2.45, 2.75) is 27.7 Å². The van der Waals surface area contributed by atoms with Crippen molar-refractivity contribution in [1.29, 1.82) is 0 Å². The summed E-state index contributed by atoms with van der Waals surface area (Å²) in [5.41, 5.74) is 4.78. The second-order valence-electron chi connectivity index (χ2n) is 4.56. The fraction of sp³-hybridized carbons (Fsp3) is 0.286. The Balaban J connectivity index is 2.27. The summed E-state index contributed by atoms with van der Waals surface area (Å²) in [4.78, 5) is 12.0. The summed E-state index contributed by atoms with van der Waals surface area (Å²) in [7, 11) is 0. The summed E-state index contributed by atoms with van der Waals surface area (Å²) in [5.74, 6) is -0.0440. The van der Waals surface area contributed by atoms with Crippen molar-refractivity contribution in [3.8, 4) is 0 Å². The molecule has 1 amide bonds. The van der Waals surface area contributed by atoms with Crippen molar-refractivity contribution in [2.75, 3.05) is 5.32 Å². The van der Waals surface area contributed by atoms with Crippen molar-refractivity contribution in [2.24, 2.45) is 0 Å². The van der Waals surface area contributed by atoms with Gasteiger partial charge in [-0.05, 0) is 38.8 Å². The number of carbonyl (C=O) groups excluding carboxylic acids is 1. The van der Waals surface area contributed by atoms with E-state index in [2.05, 4.69) is 10.5 Å². The van der Waals surface area contributed by atoms with E-state index in [4.69, 9.17) is 4.52 Å². The highest BCUT2D eigenvalue weighted by atomic mass is 16.5. The first-order chi connectivity index (χ1) is 8.47. The van der Waals surface area contributed by atoms with E-state index in [1.165, 1.54) is 5.56 Å². The standard InChI is InChI=1S/C14H16N2O2/c1-8-5-9(2)13(10(3)6-8)15-14(17)12-7-11(4)16-18-12/h5-7H,1-4H3,(H,15,17). The van der Waals surface area contributed by atoms with E-state index in [1.54, 1.807) is 13.0 Å². The lowest BCUT2D eigenvalue weighted by Crippen LogP contribution is -2.13. The third-order valence-corrected chi connectivity index (χ3v) is 2.77. The molecule has 0 radical (unpaired) electrons. The van der Waals surface area contributed by atoms with Crippen LogP contribution < -0.4 is 5.32 Å². The van der Waals surface area contributed by atoms with Gasteiger partial charge >= 0.3 is 0 Å². The molecule has 0 fully saturated rings. The smallest absolute Gasteiger partial charge is 0.294 e. The number of hydrogen-bond acceptors (Lipinski definition) is 3. The highest BCUT2D eigenvalue weighted by Crippen LogP contribution is 2.22. The van der Waals surface area contributed by atoms with Crippen LogP contribution in [-0.2, 0) is 0 Å². The number of rotatable bonds is 2. The minimum atomic E-state index is -0.273. The van der Waals surface area contributed by atoms with Crippen LogP contribution >= 0.6 is 0 Å². The lowest BCUT2D eigenvalue weighted by Gasteiger charge is -2.11. The number of hydrogen-bond donors (Lipinski definition) is 1. The molecule has 1 heterocycles. The highest BCUT2D eigenvalue weighted by Gasteiger charge is 2.14. The SMILES string of the molecule is Cc1cc(C)c(NC(=O)c2cc(C)no2)c(C)c1. The highest BCUT2D eigenvalue weighted by molar-refractivity contribution is 6.03. The summed E-state index contributed by atoms with van der Waals surface area (Å²) in [5, 5.41) is 6.57. The van der Waals surface area contributed by atoms with Crippen molar-refractivity contribution in [3.05, 3.63) is 46.3 Å². The molecule has 4 heteroatoms. The molecular formula is C14H16N2O2. The van der Waals surface area contributed by atoms with Gasteiger partial charge in [0.25, 0.3) is 5.91 Å². The summed E-state index contributed by atoms with van der Waals surface area (Å²) in [6.45, 7) is 7.76. The number of anilines is 1. The Labute approximate surface area is 106 Å². The Morgan fingerprint density at radius 3 is 2.22 bits per heavy atom. The second-order valence-corrected chi connectivity index (χ2v) is 4.56. The first-order valence-corrected chi connectivity index (χ1v) is 5.80. The van der Waals surface area contributed by atoms with E-state index < -0.39 is 0 Å². The quantitative estimate of drug-likeness (QED) is 0.882. The number of carbonyl (C=O) groups is 1. The number of amides is 1. The zero-order valence-corrected chi connectivity index (χ0v) is 11.0. The molecule has 1 aromatic heterocycles. The molecule has 18 heavy (non-hydrogen) atoms. The topological polar surface area (TPSA) is 55.1 Å².